The molecule has 0 saturated carbocycles. The summed E-state index contributed by atoms with van der Waals surface area (Å²) in [5, 5.41) is 11.6. The van der Waals surface area contributed by atoms with Gasteiger partial charge in [-0.2, -0.15) is 0 Å². The highest BCUT2D eigenvalue weighted by Gasteiger charge is 2.35. The summed E-state index contributed by atoms with van der Waals surface area (Å²) in [7, 11) is 0. The maximum Gasteiger partial charge on any atom is 0.336 e. The van der Waals surface area contributed by atoms with Gasteiger partial charge in [0.05, 0.1) is 17.1 Å². The van der Waals surface area contributed by atoms with E-state index < -0.39 is 11.7 Å². The highest BCUT2D eigenvalue weighted by molar-refractivity contribution is 5.91. The summed E-state index contributed by atoms with van der Waals surface area (Å²) in [4.78, 5) is 12.1. The summed E-state index contributed by atoms with van der Waals surface area (Å²) < 4.78 is 17.5. The number of aliphatic hydroxyl groups is 1. The van der Waals surface area contributed by atoms with Gasteiger partial charge in [0.2, 0.25) is 0 Å². The second-order valence-electron chi connectivity index (χ2n) is 6.84. The molecule has 0 amide bonds. The molecule has 1 N–H and O–H groups in total. The Morgan fingerprint density at radius 3 is 2.77 bits per heavy atom. The molecule has 0 bridgehead atoms. The normalized spacial score (nSPS) is 22.4. The van der Waals surface area contributed by atoms with Crippen LogP contribution in [0.3, 0.4) is 0 Å². The molecular formula is C21H26O5. The number of aryl methyl sites for hydroxylation is 1. The maximum absolute atomic E-state index is 12.1. The van der Waals surface area contributed by atoms with Crippen LogP contribution >= 0.6 is 0 Å². The lowest BCUT2D eigenvalue weighted by molar-refractivity contribution is 0.0178. The number of allylic oxidation sites excluding steroid dienone is 1. The number of ether oxygens (including phenoxy) is 2. The number of benzene rings is 1. The molecule has 0 radical (unpaired) electrons. The maximum atomic E-state index is 12.1. The average Bonchev–Trinajstić information content (AvgIpc) is 2.59. The van der Waals surface area contributed by atoms with E-state index in [4.69, 9.17) is 13.9 Å². The minimum absolute atomic E-state index is 0.111. The van der Waals surface area contributed by atoms with Crippen LogP contribution in [-0.2, 0) is 6.42 Å². The first-order valence-electron chi connectivity index (χ1n) is 9.20. The molecular weight excluding hydrogens is 332 g/mol. The number of rotatable bonds is 5. The van der Waals surface area contributed by atoms with Gasteiger partial charge in [-0.3, -0.25) is 0 Å². The van der Waals surface area contributed by atoms with Gasteiger partial charge in [-0.1, -0.05) is 32.4 Å². The predicted molar refractivity (Wildman–Crippen MR) is 101 cm³/mol. The van der Waals surface area contributed by atoms with Gasteiger partial charge in [-0.15, -0.1) is 0 Å². The van der Waals surface area contributed by atoms with Gasteiger partial charge in [0.1, 0.15) is 24.2 Å². The molecule has 0 aliphatic carbocycles. The van der Waals surface area contributed by atoms with Crippen LogP contribution < -0.4 is 15.1 Å². The highest BCUT2D eigenvalue weighted by Crippen LogP contribution is 2.46. The van der Waals surface area contributed by atoms with Crippen molar-refractivity contribution >= 4 is 11.0 Å². The third kappa shape index (κ3) is 3.23. The molecule has 0 fully saturated rings. The lowest BCUT2D eigenvalue weighted by Gasteiger charge is -2.34. The molecule has 2 heterocycles. The van der Waals surface area contributed by atoms with Gasteiger partial charge >= 0.3 is 5.63 Å². The number of hydrogen-bond donors (Lipinski definition) is 1. The van der Waals surface area contributed by atoms with Crippen molar-refractivity contribution in [1.29, 1.82) is 0 Å². The van der Waals surface area contributed by atoms with E-state index in [2.05, 4.69) is 6.92 Å². The molecule has 1 aliphatic rings. The van der Waals surface area contributed by atoms with E-state index in [0.717, 1.165) is 23.8 Å². The average molecular weight is 358 g/mol. The van der Waals surface area contributed by atoms with E-state index in [1.165, 1.54) is 6.07 Å². The molecule has 1 aromatic heterocycles. The fourth-order valence-corrected chi connectivity index (χ4v) is 3.40. The smallest absolute Gasteiger partial charge is 0.336 e. The molecule has 0 spiro atoms. The molecule has 2 aromatic rings. The van der Waals surface area contributed by atoms with Crippen LogP contribution in [0, 0.1) is 5.92 Å². The Labute approximate surface area is 153 Å². The van der Waals surface area contributed by atoms with Crippen LogP contribution in [0.1, 0.15) is 51.3 Å². The van der Waals surface area contributed by atoms with Crippen molar-refractivity contribution in [3.63, 3.8) is 0 Å². The molecule has 3 atom stereocenters. The van der Waals surface area contributed by atoms with Crippen LogP contribution in [0.2, 0.25) is 0 Å². The van der Waals surface area contributed by atoms with Crippen molar-refractivity contribution in [2.45, 2.75) is 52.7 Å². The van der Waals surface area contributed by atoms with Crippen molar-refractivity contribution in [1.82, 2.24) is 0 Å². The quantitative estimate of drug-likeness (QED) is 0.642. The van der Waals surface area contributed by atoms with Crippen molar-refractivity contribution in [2.75, 3.05) is 6.61 Å². The van der Waals surface area contributed by atoms with E-state index in [-0.39, 0.29) is 12.0 Å². The van der Waals surface area contributed by atoms with Gasteiger partial charge in [-0.05, 0) is 25.8 Å². The number of hydrogen-bond acceptors (Lipinski definition) is 5. The summed E-state index contributed by atoms with van der Waals surface area (Å²) in [6.07, 6.45) is 4.52. The second-order valence-corrected chi connectivity index (χ2v) is 6.84. The lowest BCUT2D eigenvalue weighted by atomic mass is 9.88. The summed E-state index contributed by atoms with van der Waals surface area (Å²) >= 11 is 0. The third-order valence-electron chi connectivity index (χ3n) is 5.00. The first kappa shape index (κ1) is 18.5. The summed E-state index contributed by atoms with van der Waals surface area (Å²) in [5.41, 5.74) is 1.36. The van der Waals surface area contributed by atoms with Crippen LogP contribution in [-0.4, -0.2) is 17.8 Å². The first-order valence-corrected chi connectivity index (χ1v) is 9.20. The summed E-state index contributed by atoms with van der Waals surface area (Å²) in [6, 6.07) is 3.33. The summed E-state index contributed by atoms with van der Waals surface area (Å²) in [6.45, 7) is 8.24. The van der Waals surface area contributed by atoms with E-state index >= 15 is 0 Å². The SMILES string of the molecule is C/C=C/COc1cc2c(c3oc(=O)cc(CCC)c13)[C@@H](O)[C@H](C)[C@@H](C)O2. The van der Waals surface area contributed by atoms with Crippen molar-refractivity contribution < 1.29 is 19.0 Å². The Morgan fingerprint density at radius 1 is 1.31 bits per heavy atom. The molecule has 1 aliphatic heterocycles. The van der Waals surface area contributed by atoms with Crippen LogP contribution in [0.5, 0.6) is 11.5 Å². The lowest BCUT2D eigenvalue weighted by Crippen LogP contribution is -2.32. The standard InChI is InChI=1S/C21H26O5/c1-5-7-9-24-15-11-16-19(20(23)12(3)13(4)25-16)21-18(15)14(8-6-2)10-17(22)26-21/h5,7,10-13,20,23H,6,8-9H2,1-4H3/b7-5+/t12-,13-,20+/m1/s1. The molecule has 140 valence electrons. The topological polar surface area (TPSA) is 68.9 Å². The van der Waals surface area contributed by atoms with Gasteiger partial charge in [-0.25, -0.2) is 4.79 Å². The minimum atomic E-state index is -0.763. The number of aliphatic hydroxyl groups excluding tert-OH is 1. The van der Waals surface area contributed by atoms with Crippen molar-refractivity contribution in [3.8, 4) is 11.5 Å². The first-order chi connectivity index (χ1) is 12.5. The Balaban J connectivity index is 2.31. The fourth-order valence-electron chi connectivity index (χ4n) is 3.40. The number of fused-ring (bicyclic) bond motifs is 3. The molecule has 5 heteroatoms. The van der Waals surface area contributed by atoms with Crippen LogP contribution in [0.4, 0.5) is 0 Å². The van der Waals surface area contributed by atoms with Gasteiger partial charge in [0.15, 0.2) is 5.58 Å². The molecule has 26 heavy (non-hydrogen) atoms. The van der Waals surface area contributed by atoms with Crippen molar-refractivity contribution in [3.05, 3.63) is 45.8 Å². The van der Waals surface area contributed by atoms with Crippen LogP contribution in [0.25, 0.3) is 11.0 Å². The zero-order valence-corrected chi connectivity index (χ0v) is 15.7. The summed E-state index contributed by atoms with van der Waals surface area (Å²) in [5.74, 6) is 1.02. The van der Waals surface area contributed by atoms with Gasteiger partial charge in [0, 0.05) is 18.1 Å². The van der Waals surface area contributed by atoms with E-state index in [1.54, 1.807) is 0 Å². The van der Waals surface area contributed by atoms with Gasteiger partial charge < -0.3 is 19.0 Å². The third-order valence-corrected chi connectivity index (χ3v) is 5.00. The fraction of sp³-hybridized carbons (Fsp3) is 0.476. The minimum Gasteiger partial charge on any atom is -0.490 e. The van der Waals surface area contributed by atoms with Gasteiger partial charge in [0.25, 0.3) is 0 Å². The highest BCUT2D eigenvalue weighted by atomic mass is 16.5. The predicted octanol–water partition coefficient (Wildman–Crippen LogP) is 4.15. The van der Waals surface area contributed by atoms with Crippen LogP contribution in [0.15, 0.2) is 33.5 Å². The molecule has 0 unspecified atom stereocenters. The molecule has 1 aromatic carbocycles. The van der Waals surface area contributed by atoms with E-state index in [9.17, 15) is 9.90 Å². The monoisotopic (exact) mass is 358 g/mol. The largest absolute Gasteiger partial charge is 0.490 e. The molecule has 3 rings (SSSR count). The van der Waals surface area contributed by atoms with Crippen molar-refractivity contribution in [2.24, 2.45) is 5.92 Å². The Morgan fingerprint density at radius 2 is 2.08 bits per heavy atom. The Bertz CT molecular complexity index is 880. The van der Waals surface area contributed by atoms with E-state index in [1.807, 2.05) is 39.0 Å². The molecule has 5 nitrogen and oxygen atoms in total. The zero-order chi connectivity index (χ0) is 18.8. The van der Waals surface area contributed by atoms with E-state index in [0.29, 0.717) is 29.3 Å². The molecule has 0 saturated heterocycles. The Kier molecular flexibility index (Phi) is 5.37. The zero-order valence-electron chi connectivity index (χ0n) is 15.7. The Hall–Kier alpha value is -2.27. The second kappa shape index (κ2) is 7.54.